The van der Waals surface area contributed by atoms with E-state index in [9.17, 15) is 0 Å². The molecule has 2 heteroatoms. The summed E-state index contributed by atoms with van der Waals surface area (Å²) in [5, 5.41) is 3.21. The van der Waals surface area contributed by atoms with Crippen LogP contribution in [-0.4, -0.2) is 26.3 Å². The van der Waals surface area contributed by atoms with Crippen LogP contribution in [-0.2, 0) is 4.74 Å². The maximum absolute atomic E-state index is 6.04. The Kier molecular flexibility index (Phi) is 6.74. The molecule has 3 atom stereocenters. The van der Waals surface area contributed by atoms with E-state index in [1.807, 2.05) is 7.05 Å². The molecule has 0 aliphatic heterocycles. The van der Waals surface area contributed by atoms with E-state index >= 15 is 0 Å². The number of hydrogen-bond acceptors (Lipinski definition) is 2. The molecule has 94 valence electrons. The second kappa shape index (κ2) is 7.86. The molecule has 0 aromatic carbocycles. The molecule has 0 saturated carbocycles. The van der Waals surface area contributed by atoms with Gasteiger partial charge >= 0.3 is 0 Å². The zero-order valence-corrected chi connectivity index (χ0v) is 11.0. The second-order valence-electron chi connectivity index (χ2n) is 4.98. The summed E-state index contributed by atoms with van der Waals surface area (Å²) in [6.07, 6.45) is 9.79. The largest absolute Gasteiger partial charge is 0.377 e. The smallest absolute Gasteiger partial charge is 0.0699 e. The van der Waals surface area contributed by atoms with Gasteiger partial charge in [0.1, 0.15) is 0 Å². The third-order valence-electron chi connectivity index (χ3n) is 3.51. The van der Waals surface area contributed by atoms with E-state index < -0.39 is 0 Å². The summed E-state index contributed by atoms with van der Waals surface area (Å²) in [5.74, 6) is 1.50. The second-order valence-corrected chi connectivity index (χ2v) is 4.98. The van der Waals surface area contributed by atoms with Gasteiger partial charge in [0, 0.05) is 6.54 Å². The van der Waals surface area contributed by atoms with Gasteiger partial charge < -0.3 is 10.1 Å². The minimum Gasteiger partial charge on any atom is -0.377 e. The Hall–Kier alpha value is -0.340. The predicted octanol–water partition coefficient (Wildman–Crippen LogP) is 2.99. The van der Waals surface area contributed by atoms with Gasteiger partial charge in [-0.05, 0) is 38.1 Å². The topological polar surface area (TPSA) is 21.3 Å². The van der Waals surface area contributed by atoms with E-state index in [2.05, 4.69) is 31.3 Å². The molecule has 3 unspecified atom stereocenters. The first kappa shape index (κ1) is 13.7. The fourth-order valence-electron chi connectivity index (χ4n) is 2.29. The number of likely N-dealkylation sites (N-methyl/N-ethyl adjacent to an activating group) is 1. The third kappa shape index (κ3) is 4.67. The molecule has 1 N–H and O–H groups in total. The highest BCUT2D eigenvalue weighted by molar-refractivity contribution is 4.93. The fraction of sp³-hybridized carbons (Fsp3) is 0.857. The standard InChI is InChI=1S/C14H27NO/c1-4-7-14(10-15-3)16-11-13-9-6-5-8-12(13)2/h5-6,12-15H,4,7-11H2,1-3H3. The van der Waals surface area contributed by atoms with Crippen LogP contribution in [0.3, 0.4) is 0 Å². The van der Waals surface area contributed by atoms with Crippen molar-refractivity contribution in [3.05, 3.63) is 12.2 Å². The summed E-state index contributed by atoms with van der Waals surface area (Å²) in [5.41, 5.74) is 0. The van der Waals surface area contributed by atoms with E-state index in [0.717, 1.165) is 31.4 Å². The summed E-state index contributed by atoms with van der Waals surface area (Å²) in [6, 6.07) is 0. The Morgan fingerprint density at radius 1 is 1.38 bits per heavy atom. The lowest BCUT2D eigenvalue weighted by molar-refractivity contribution is 0.0132. The van der Waals surface area contributed by atoms with Crippen molar-refractivity contribution in [2.45, 2.75) is 45.6 Å². The molecule has 0 bridgehead atoms. The third-order valence-corrected chi connectivity index (χ3v) is 3.51. The zero-order chi connectivity index (χ0) is 11.8. The number of rotatable bonds is 7. The molecule has 0 fully saturated rings. The van der Waals surface area contributed by atoms with E-state index in [-0.39, 0.29) is 0 Å². The van der Waals surface area contributed by atoms with Gasteiger partial charge in [-0.2, -0.15) is 0 Å². The molecule has 0 aromatic rings. The Labute approximate surface area is 100 Å². The van der Waals surface area contributed by atoms with E-state index in [0.29, 0.717) is 6.10 Å². The Morgan fingerprint density at radius 2 is 2.12 bits per heavy atom. The maximum atomic E-state index is 6.04. The van der Waals surface area contributed by atoms with Crippen molar-refractivity contribution in [1.82, 2.24) is 5.32 Å². The van der Waals surface area contributed by atoms with Gasteiger partial charge in [0.05, 0.1) is 12.7 Å². The van der Waals surface area contributed by atoms with Crippen LogP contribution in [0.25, 0.3) is 0 Å². The van der Waals surface area contributed by atoms with Crippen LogP contribution >= 0.6 is 0 Å². The highest BCUT2D eigenvalue weighted by atomic mass is 16.5. The lowest BCUT2D eigenvalue weighted by atomic mass is 9.85. The van der Waals surface area contributed by atoms with E-state index in [1.165, 1.54) is 19.3 Å². The molecule has 0 spiro atoms. The molecule has 0 amide bonds. The average Bonchev–Trinajstić information content (AvgIpc) is 2.28. The van der Waals surface area contributed by atoms with Crippen molar-refractivity contribution < 1.29 is 4.74 Å². The van der Waals surface area contributed by atoms with Crippen LogP contribution < -0.4 is 5.32 Å². The highest BCUT2D eigenvalue weighted by Gasteiger charge is 2.19. The van der Waals surface area contributed by atoms with Gasteiger partial charge in [0.15, 0.2) is 0 Å². The quantitative estimate of drug-likeness (QED) is 0.673. The van der Waals surface area contributed by atoms with Gasteiger partial charge in [0.2, 0.25) is 0 Å². The first-order valence-electron chi connectivity index (χ1n) is 6.69. The minimum absolute atomic E-state index is 0.396. The molecule has 16 heavy (non-hydrogen) atoms. The van der Waals surface area contributed by atoms with Gasteiger partial charge in [-0.25, -0.2) is 0 Å². The van der Waals surface area contributed by atoms with Crippen molar-refractivity contribution >= 4 is 0 Å². The lowest BCUT2D eigenvalue weighted by Gasteiger charge is -2.27. The van der Waals surface area contributed by atoms with Crippen molar-refractivity contribution in [2.24, 2.45) is 11.8 Å². The van der Waals surface area contributed by atoms with Crippen molar-refractivity contribution in [1.29, 1.82) is 0 Å². The summed E-state index contributed by atoms with van der Waals surface area (Å²) in [4.78, 5) is 0. The van der Waals surface area contributed by atoms with Crippen LogP contribution in [0.4, 0.5) is 0 Å². The van der Waals surface area contributed by atoms with Crippen molar-refractivity contribution in [3.8, 4) is 0 Å². The Bertz CT molecular complexity index is 197. The van der Waals surface area contributed by atoms with Crippen LogP contribution in [0.2, 0.25) is 0 Å². The molecule has 1 aliphatic rings. The monoisotopic (exact) mass is 225 g/mol. The van der Waals surface area contributed by atoms with Gasteiger partial charge in [0.25, 0.3) is 0 Å². The van der Waals surface area contributed by atoms with Gasteiger partial charge in [-0.3, -0.25) is 0 Å². The molecule has 1 rings (SSSR count). The summed E-state index contributed by atoms with van der Waals surface area (Å²) in [7, 11) is 2.00. The zero-order valence-electron chi connectivity index (χ0n) is 11.0. The first-order valence-corrected chi connectivity index (χ1v) is 6.69. The average molecular weight is 225 g/mol. The summed E-state index contributed by atoms with van der Waals surface area (Å²) >= 11 is 0. The Balaban J connectivity index is 2.27. The molecule has 0 heterocycles. The predicted molar refractivity (Wildman–Crippen MR) is 69.6 cm³/mol. The summed E-state index contributed by atoms with van der Waals surface area (Å²) < 4.78 is 6.04. The number of nitrogens with one attached hydrogen (secondary N) is 1. The number of hydrogen-bond donors (Lipinski definition) is 1. The molecular formula is C14H27NO. The Morgan fingerprint density at radius 3 is 2.75 bits per heavy atom. The number of allylic oxidation sites excluding steroid dienone is 2. The van der Waals surface area contributed by atoms with Crippen molar-refractivity contribution in [2.75, 3.05) is 20.2 Å². The van der Waals surface area contributed by atoms with E-state index in [4.69, 9.17) is 4.74 Å². The van der Waals surface area contributed by atoms with Gasteiger partial charge in [-0.15, -0.1) is 0 Å². The van der Waals surface area contributed by atoms with E-state index in [1.54, 1.807) is 0 Å². The first-order chi connectivity index (χ1) is 7.77. The van der Waals surface area contributed by atoms with Crippen LogP contribution in [0, 0.1) is 11.8 Å². The van der Waals surface area contributed by atoms with Crippen LogP contribution in [0.5, 0.6) is 0 Å². The molecular weight excluding hydrogens is 198 g/mol. The molecule has 1 aliphatic carbocycles. The van der Waals surface area contributed by atoms with Crippen molar-refractivity contribution in [3.63, 3.8) is 0 Å². The summed E-state index contributed by atoms with van der Waals surface area (Å²) in [6.45, 7) is 6.46. The fourth-order valence-corrected chi connectivity index (χ4v) is 2.29. The van der Waals surface area contributed by atoms with Crippen LogP contribution in [0.1, 0.15) is 39.5 Å². The molecule has 0 radical (unpaired) electrons. The maximum Gasteiger partial charge on any atom is 0.0699 e. The number of ether oxygens (including phenoxy) is 1. The SMILES string of the molecule is CCCC(CNC)OCC1CC=CCC1C. The van der Waals surface area contributed by atoms with Gasteiger partial charge in [-0.1, -0.05) is 32.4 Å². The molecule has 0 aromatic heterocycles. The highest BCUT2D eigenvalue weighted by Crippen LogP contribution is 2.25. The lowest BCUT2D eigenvalue weighted by Crippen LogP contribution is -2.30. The normalized spacial score (nSPS) is 26.9. The van der Waals surface area contributed by atoms with Crippen LogP contribution in [0.15, 0.2) is 12.2 Å². The molecule has 2 nitrogen and oxygen atoms in total. The molecule has 0 saturated heterocycles. The minimum atomic E-state index is 0.396.